The van der Waals surface area contributed by atoms with E-state index in [1.807, 2.05) is 6.07 Å². The number of amides is 1. The summed E-state index contributed by atoms with van der Waals surface area (Å²) in [5, 5.41) is 1.10. The molecule has 1 aromatic carbocycles. The Kier molecular flexibility index (Phi) is 4.22. The lowest BCUT2D eigenvalue weighted by Crippen LogP contribution is -2.39. The molecule has 0 bridgehead atoms. The number of rotatable bonds is 3. The number of hydrogen-bond acceptors (Lipinski definition) is 4. The van der Waals surface area contributed by atoms with E-state index in [-0.39, 0.29) is 5.91 Å². The number of fused-ring (bicyclic) bond motifs is 2. The quantitative estimate of drug-likeness (QED) is 0.874. The number of benzene rings is 1. The summed E-state index contributed by atoms with van der Waals surface area (Å²) >= 11 is 0. The molecule has 1 aromatic heterocycles. The molecule has 2 aromatic rings. The molecule has 0 radical (unpaired) electrons. The summed E-state index contributed by atoms with van der Waals surface area (Å²) in [6, 6.07) is 6.29. The summed E-state index contributed by atoms with van der Waals surface area (Å²) < 4.78 is 10.9. The van der Waals surface area contributed by atoms with Gasteiger partial charge in [-0.15, -0.1) is 0 Å². The maximum atomic E-state index is 12.5. The second-order valence-electron chi connectivity index (χ2n) is 6.11. The van der Waals surface area contributed by atoms with Gasteiger partial charge in [0, 0.05) is 24.6 Å². The summed E-state index contributed by atoms with van der Waals surface area (Å²) in [7, 11) is 1.64. The van der Waals surface area contributed by atoms with Crippen molar-refractivity contribution in [3.8, 4) is 5.88 Å². The van der Waals surface area contributed by atoms with Crippen molar-refractivity contribution in [2.45, 2.75) is 33.4 Å². The highest BCUT2D eigenvalue weighted by Gasteiger charge is 2.28. The monoisotopic (exact) mass is 314 g/mol. The summed E-state index contributed by atoms with van der Waals surface area (Å²) in [6.45, 7) is 7.46. The highest BCUT2D eigenvalue weighted by Crippen LogP contribution is 2.29. The van der Waals surface area contributed by atoms with E-state index in [9.17, 15) is 4.79 Å². The van der Waals surface area contributed by atoms with Gasteiger partial charge in [-0.25, -0.2) is 4.98 Å². The Morgan fingerprint density at radius 2 is 2.13 bits per heavy atom. The molecule has 122 valence electrons. The Balaban J connectivity index is 2.07. The van der Waals surface area contributed by atoms with Crippen molar-refractivity contribution in [3.05, 3.63) is 34.9 Å². The lowest BCUT2D eigenvalue weighted by atomic mass is 10.0. The van der Waals surface area contributed by atoms with Gasteiger partial charge in [0.1, 0.15) is 0 Å². The summed E-state index contributed by atoms with van der Waals surface area (Å²) in [4.78, 5) is 18.9. The van der Waals surface area contributed by atoms with Crippen molar-refractivity contribution in [2.24, 2.45) is 0 Å². The Labute approximate surface area is 136 Å². The zero-order valence-electron chi connectivity index (χ0n) is 14.0. The van der Waals surface area contributed by atoms with E-state index in [4.69, 9.17) is 9.47 Å². The van der Waals surface area contributed by atoms with Crippen molar-refractivity contribution >= 4 is 16.8 Å². The van der Waals surface area contributed by atoms with Gasteiger partial charge in [0.15, 0.2) is 6.10 Å². The topological polar surface area (TPSA) is 51.7 Å². The minimum Gasteiger partial charge on any atom is -0.464 e. The number of carbonyl (C=O) groups excluding carboxylic acids is 1. The summed E-state index contributed by atoms with van der Waals surface area (Å²) in [6.07, 6.45) is -0.538. The van der Waals surface area contributed by atoms with Gasteiger partial charge in [0.25, 0.3) is 5.91 Å². The number of aryl methyl sites for hydroxylation is 2. The predicted molar refractivity (Wildman–Crippen MR) is 88.6 cm³/mol. The molecule has 1 aliphatic heterocycles. The van der Waals surface area contributed by atoms with Gasteiger partial charge in [0.2, 0.25) is 5.88 Å². The van der Waals surface area contributed by atoms with Crippen molar-refractivity contribution in [1.29, 1.82) is 0 Å². The van der Waals surface area contributed by atoms with Crippen LogP contribution in [0, 0.1) is 13.8 Å². The van der Waals surface area contributed by atoms with Crippen LogP contribution in [-0.2, 0) is 16.1 Å². The molecule has 0 fully saturated rings. The molecule has 3 rings (SSSR count). The first-order chi connectivity index (χ1) is 11.0. The molecule has 1 aliphatic rings. The number of methoxy groups -OCH3 is 1. The highest BCUT2D eigenvalue weighted by molar-refractivity contribution is 5.86. The summed E-state index contributed by atoms with van der Waals surface area (Å²) in [5.74, 6) is 0.528. The van der Waals surface area contributed by atoms with Crippen LogP contribution >= 0.6 is 0 Å². The van der Waals surface area contributed by atoms with Crippen molar-refractivity contribution < 1.29 is 14.3 Å². The van der Waals surface area contributed by atoms with Crippen LogP contribution in [-0.4, -0.2) is 42.2 Å². The first-order valence-electron chi connectivity index (χ1n) is 7.85. The smallest absolute Gasteiger partial charge is 0.263 e. The molecular formula is C18H22N2O3. The van der Waals surface area contributed by atoms with Crippen LogP contribution in [0.25, 0.3) is 10.9 Å². The SMILES string of the molecule is COCCN1Cc2cc3c(C)cc(C)cc3nc2O[C@H](C)C1=O. The lowest BCUT2D eigenvalue weighted by Gasteiger charge is -2.21. The fourth-order valence-corrected chi connectivity index (χ4v) is 3.02. The second kappa shape index (κ2) is 6.16. The number of hydrogen-bond donors (Lipinski definition) is 0. The molecular weight excluding hydrogens is 292 g/mol. The van der Waals surface area contributed by atoms with Gasteiger partial charge in [-0.05, 0) is 44.0 Å². The van der Waals surface area contributed by atoms with Crippen LogP contribution in [0.3, 0.4) is 0 Å². The first-order valence-corrected chi connectivity index (χ1v) is 7.85. The van der Waals surface area contributed by atoms with Crippen LogP contribution in [0.4, 0.5) is 0 Å². The van der Waals surface area contributed by atoms with Crippen molar-refractivity contribution in [2.75, 3.05) is 20.3 Å². The van der Waals surface area contributed by atoms with Crippen LogP contribution in [0.1, 0.15) is 23.6 Å². The molecule has 2 heterocycles. The molecule has 1 amide bonds. The Hall–Kier alpha value is -2.14. The lowest BCUT2D eigenvalue weighted by molar-refractivity contribution is -0.138. The second-order valence-corrected chi connectivity index (χ2v) is 6.11. The number of pyridine rings is 1. The van der Waals surface area contributed by atoms with E-state index in [2.05, 4.69) is 31.0 Å². The molecule has 5 nitrogen and oxygen atoms in total. The van der Waals surface area contributed by atoms with Gasteiger partial charge >= 0.3 is 0 Å². The van der Waals surface area contributed by atoms with E-state index in [1.54, 1.807) is 18.9 Å². The van der Waals surface area contributed by atoms with Crippen molar-refractivity contribution in [3.63, 3.8) is 0 Å². The highest BCUT2D eigenvalue weighted by atomic mass is 16.5. The molecule has 0 N–H and O–H groups in total. The van der Waals surface area contributed by atoms with E-state index in [1.165, 1.54) is 11.1 Å². The van der Waals surface area contributed by atoms with Gasteiger partial charge < -0.3 is 14.4 Å². The number of carbonyl (C=O) groups is 1. The fraction of sp³-hybridized carbons (Fsp3) is 0.444. The third-order valence-corrected chi connectivity index (χ3v) is 4.20. The molecule has 5 heteroatoms. The first kappa shape index (κ1) is 15.7. The predicted octanol–water partition coefficient (Wildman–Crippen LogP) is 2.61. The third-order valence-electron chi connectivity index (χ3n) is 4.20. The van der Waals surface area contributed by atoms with Crippen LogP contribution in [0.5, 0.6) is 5.88 Å². The average molecular weight is 314 g/mol. The fourth-order valence-electron chi connectivity index (χ4n) is 3.02. The Morgan fingerprint density at radius 1 is 1.35 bits per heavy atom. The van der Waals surface area contributed by atoms with E-state index >= 15 is 0 Å². The molecule has 1 atom stereocenters. The minimum absolute atomic E-state index is 0.0305. The molecule has 0 saturated heterocycles. The normalized spacial score (nSPS) is 17.8. The Morgan fingerprint density at radius 3 is 2.87 bits per heavy atom. The standard InChI is InChI=1S/C18H22N2O3/c1-11-7-12(2)15-9-14-10-20(5-6-22-4)18(21)13(3)23-17(14)19-16(15)8-11/h7-9,13H,5-6,10H2,1-4H3/t13-/m1/s1. The Bertz CT molecular complexity index is 758. The van der Waals surface area contributed by atoms with Crippen LogP contribution in [0.2, 0.25) is 0 Å². The van der Waals surface area contributed by atoms with E-state index in [0.717, 1.165) is 16.5 Å². The van der Waals surface area contributed by atoms with Crippen LogP contribution < -0.4 is 4.74 Å². The van der Waals surface area contributed by atoms with Gasteiger partial charge in [-0.3, -0.25) is 4.79 Å². The maximum absolute atomic E-state index is 12.5. The van der Waals surface area contributed by atoms with Gasteiger partial charge in [-0.1, -0.05) is 6.07 Å². The maximum Gasteiger partial charge on any atom is 0.263 e. The molecule has 0 spiro atoms. The number of aromatic nitrogens is 1. The average Bonchev–Trinajstić information content (AvgIpc) is 2.61. The van der Waals surface area contributed by atoms with Gasteiger partial charge in [-0.2, -0.15) is 0 Å². The minimum atomic E-state index is -0.538. The molecule has 0 aliphatic carbocycles. The number of nitrogens with zero attached hydrogens (tertiary/aromatic N) is 2. The van der Waals surface area contributed by atoms with E-state index in [0.29, 0.717) is 25.6 Å². The molecule has 23 heavy (non-hydrogen) atoms. The third kappa shape index (κ3) is 3.01. The zero-order chi connectivity index (χ0) is 16.6. The molecule has 0 unspecified atom stereocenters. The van der Waals surface area contributed by atoms with Crippen molar-refractivity contribution in [1.82, 2.24) is 9.88 Å². The summed E-state index contributed by atoms with van der Waals surface area (Å²) in [5.41, 5.74) is 4.20. The van der Waals surface area contributed by atoms with Crippen LogP contribution in [0.15, 0.2) is 18.2 Å². The largest absolute Gasteiger partial charge is 0.464 e. The molecule has 0 saturated carbocycles. The number of ether oxygens (including phenoxy) is 2. The zero-order valence-corrected chi connectivity index (χ0v) is 14.0. The van der Waals surface area contributed by atoms with E-state index < -0.39 is 6.10 Å². The van der Waals surface area contributed by atoms with Gasteiger partial charge in [0.05, 0.1) is 18.7 Å².